The van der Waals surface area contributed by atoms with Gasteiger partial charge in [-0.05, 0) is 92.4 Å². The molecule has 2 saturated carbocycles. The van der Waals surface area contributed by atoms with Crippen LogP contribution in [0.4, 0.5) is 5.69 Å². The highest BCUT2D eigenvalue weighted by atomic mass is 16.5. The fraction of sp³-hybridized carbons (Fsp3) is 0.593. The molecule has 0 radical (unpaired) electrons. The number of amides is 1. The number of allylic oxidation sites excluding steroid dienone is 2. The van der Waals surface area contributed by atoms with Crippen LogP contribution in [0.25, 0.3) is 0 Å². The van der Waals surface area contributed by atoms with Gasteiger partial charge in [0.05, 0.1) is 13.2 Å². The lowest BCUT2D eigenvalue weighted by Crippen LogP contribution is -2.52. The second-order valence-corrected chi connectivity index (χ2v) is 10.3. The maximum Gasteiger partial charge on any atom is 0.248 e. The third kappa shape index (κ3) is 5.23. The summed E-state index contributed by atoms with van der Waals surface area (Å²) in [6, 6.07) is 7.35. The normalized spacial score (nSPS) is 30.5. The Morgan fingerprint density at radius 3 is 2.65 bits per heavy atom. The van der Waals surface area contributed by atoms with Crippen LogP contribution < -0.4 is 10.1 Å². The molecule has 1 aromatic rings. The molecule has 3 rings (SSSR count). The highest BCUT2D eigenvalue weighted by Gasteiger charge is 2.51. The maximum atomic E-state index is 12.4. The van der Waals surface area contributed by atoms with Crippen molar-refractivity contribution in [2.75, 3.05) is 12.4 Å². The average Bonchev–Trinajstić information content (AvgIpc) is 2.71. The molecule has 4 heteroatoms. The minimum absolute atomic E-state index is 0.0424. The van der Waals surface area contributed by atoms with Crippen molar-refractivity contribution in [2.45, 2.75) is 65.9 Å². The van der Waals surface area contributed by atoms with E-state index in [1.165, 1.54) is 5.57 Å². The van der Waals surface area contributed by atoms with Gasteiger partial charge in [0.1, 0.15) is 5.75 Å². The predicted molar refractivity (Wildman–Crippen MR) is 127 cm³/mol. The molecule has 0 aromatic heterocycles. The van der Waals surface area contributed by atoms with Crippen LogP contribution >= 0.6 is 0 Å². The molecule has 2 aliphatic rings. The summed E-state index contributed by atoms with van der Waals surface area (Å²) < 4.78 is 5.16. The number of methoxy groups -OCH3 is 1. The van der Waals surface area contributed by atoms with Gasteiger partial charge in [-0.15, -0.1) is 0 Å². The lowest BCUT2D eigenvalue weighted by molar-refractivity contribution is -0.112. The van der Waals surface area contributed by atoms with Gasteiger partial charge in [-0.2, -0.15) is 0 Å². The number of aliphatic hydroxyl groups excluding tert-OH is 1. The number of hydrogen-bond donors (Lipinski definition) is 2. The maximum absolute atomic E-state index is 12.4. The molecule has 2 N–H and O–H groups in total. The molecule has 2 aliphatic carbocycles. The van der Waals surface area contributed by atoms with Gasteiger partial charge in [0.15, 0.2) is 0 Å². The van der Waals surface area contributed by atoms with E-state index >= 15 is 0 Å². The molecule has 0 spiro atoms. The first-order valence-corrected chi connectivity index (χ1v) is 11.6. The fourth-order valence-electron chi connectivity index (χ4n) is 5.92. The summed E-state index contributed by atoms with van der Waals surface area (Å²) in [4.78, 5) is 12.4. The Kier molecular flexibility index (Phi) is 7.31. The molecule has 1 aromatic carbocycles. The van der Waals surface area contributed by atoms with Crippen LogP contribution in [0.5, 0.6) is 5.75 Å². The van der Waals surface area contributed by atoms with Gasteiger partial charge in [-0.1, -0.05) is 38.5 Å². The Morgan fingerprint density at radius 2 is 2.00 bits per heavy atom. The summed E-state index contributed by atoms with van der Waals surface area (Å²) in [6.45, 7) is 13.2. The van der Waals surface area contributed by atoms with Crippen LogP contribution in [0.3, 0.4) is 0 Å². The van der Waals surface area contributed by atoms with Crippen LogP contribution in [0.2, 0.25) is 0 Å². The van der Waals surface area contributed by atoms with Crippen LogP contribution in [0, 0.1) is 29.1 Å². The third-order valence-electron chi connectivity index (χ3n) is 7.88. The molecule has 1 amide bonds. The largest absolute Gasteiger partial charge is 0.497 e. The summed E-state index contributed by atoms with van der Waals surface area (Å²) in [7, 11) is 1.63. The van der Waals surface area contributed by atoms with Crippen LogP contribution in [-0.2, 0) is 4.79 Å². The lowest BCUT2D eigenvalue weighted by atomic mass is 9.50. The zero-order chi connectivity index (χ0) is 22.8. The molecule has 0 aliphatic heterocycles. The van der Waals surface area contributed by atoms with Crippen LogP contribution in [0.15, 0.2) is 48.1 Å². The average molecular weight is 426 g/mol. The molecule has 170 valence electrons. The topological polar surface area (TPSA) is 58.6 Å². The first-order chi connectivity index (χ1) is 14.6. The van der Waals surface area contributed by atoms with E-state index < -0.39 is 0 Å². The van der Waals surface area contributed by atoms with Crippen molar-refractivity contribution in [1.82, 2.24) is 0 Å². The fourth-order valence-corrected chi connectivity index (χ4v) is 5.92. The predicted octanol–water partition coefficient (Wildman–Crippen LogP) is 5.99. The minimum atomic E-state index is -0.223. The van der Waals surface area contributed by atoms with Gasteiger partial charge in [0, 0.05) is 11.8 Å². The van der Waals surface area contributed by atoms with E-state index in [2.05, 4.69) is 32.7 Å². The van der Waals surface area contributed by atoms with Gasteiger partial charge >= 0.3 is 0 Å². The Labute approximate surface area is 187 Å². The number of ether oxygens (including phenoxy) is 1. The monoisotopic (exact) mass is 425 g/mol. The zero-order valence-electron chi connectivity index (χ0n) is 19.8. The highest BCUT2D eigenvalue weighted by molar-refractivity contribution is 5.99. The second-order valence-electron chi connectivity index (χ2n) is 10.3. The van der Waals surface area contributed by atoms with E-state index in [1.54, 1.807) is 13.2 Å². The number of rotatable bonds is 6. The number of benzene rings is 1. The van der Waals surface area contributed by atoms with Crippen molar-refractivity contribution in [1.29, 1.82) is 0 Å². The van der Waals surface area contributed by atoms with Crippen molar-refractivity contribution in [2.24, 2.45) is 29.1 Å². The summed E-state index contributed by atoms with van der Waals surface area (Å²) in [5.74, 6) is 2.73. The van der Waals surface area contributed by atoms with E-state index in [1.807, 2.05) is 31.2 Å². The Bertz CT molecular complexity index is 823. The number of anilines is 1. The molecular weight excluding hydrogens is 386 g/mol. The summed E-state index contributed by atoms with van der Waals surface area (Å²) in [6.07, 6.45) is 6.46. The Morgan fingerprint density at radius 1 is 1.32 bits per heavy atom. The van der Waals surface area contributed by atoms with E-state index in [-0.39, 0.29) is 17.4 Å². The van der Waals surface area contributed by atoms with Crippen molar-refractivity contribution in [3.63, 3.8) is 0 Å². The highest BCUT2D eigenvalue weighted by Crippen LogP contribution is 2.56. The molecule has 0 heterocycles. The molecule has 5 atom stereocenters. The SMILES string of the molecule is C=C1CCC2C(C(C)CC(O)C2(C)C)C1CCC(C)=CC(=O)Nc1ccc(OC)cc1. The molecule has 31 heavy (non-hydrogen) atoms. The Hall–Kier alpha value is -2.07. The van der Waals surface area contributed by atoms with Crippen molar-refractivity contribution >= 4 is 11.6 Å². The number of nitrogens with one attached hydrogen (secondary N) is 1. The van der Waals surface area contributed by atoms with Gasteiger partial charge in [-0.25, -0.2) is 0 Å². The smallest absolute Gasteiger partial charge is 0.248 e. The Balaban J connectivity index is 1.62. The zero-order valence-corrected chi connectivity index (χ0v) is 19.8. The van der Waals surface area contributed by atoms with Gasteiger partial charge < -0.3 is 15.2 Å². The minimum Gasteiger partial charge on any atom is -0.497 e. The molecule has 4 nitrogen and oxygen atoms in total. The number of carbonyl (C=O) groups excluding carboxylic acids is 1. The molecular formula is C27H39NO3. The summed E-state index contributed by atoms with van der Waals surface area (Å²) >= 11 is 0. The third-order valence-corrected chi connectivity index (χ3v) is 7.88. The summed E-state index contributed by atoms with van der Waals surface area (Å²) in [5.41, 5.74) is 3.16. The van der Waals surface area contributed by atoms with Gasteiger partial charge in [0.2, 0.25) is 5.91 Å². The molecule has 2 fully saturated rings. The number of hydrogen-bond acceptors (Lipinski definition) is 3. The molecule has 0 bridgehead atoms. The van der Waals surface area contributed by atoms with E-state index in [0.29, 0.717) is 23.7 Å². The first kappa shape index (κ1) is 23.6. The number of aliphatic hydroxyl groups is 1. The quantitative estimate of drug-likeness (QED) is 0.435. The second kappa shape index (κ2) is 9.60. The van der Waals surface area contributed by atoms with Crippen LogP contribution in [-0.4, -0.2) is 24.2 Å². The number of fused-ring (bicyclic) bond motifs is 1. The first-order valence-electron chi connectivity index (χ1n) is 11.6. The standard InChI is InChI=1S/C27H39NO3/c1-17(15-25(30)28-20-9-11-21(31-6)12-10-20)7-13-22-18(2)8-14-23-26(22)19(3)16-24(29)27(23,4)5/h9-12,15,19,22-24,26,29H,2,7-8,13-14,16H2,1,3-6H3,(H,28,30). The van der Waals surface area contributed by atoms with Crippen molar-refractivity contribution < 1.29 is 14.6 Å². The number of carbonyl (C=O) groups is 1. The van der Waals surface area contributed by atoms with Gasteiger partial charge in [0.25, 0.3) is 0 Å². The van der Waals surface area contributed by atoms with Crippen molar-refractivity contribution in [3.8, 4) is 5.75 Å². The summed E-state index contributed by atoms with van der Waals surface area (Å²) in [5, 5.41) is 13.6. The lowest BCUT2D eigenvalue weighted by Gasteiger charge is -2.55. The molecule has 0 saturated heterocycles. The van der Waals surface area contributed by atoms with Crippen LogP contribution in [0.1, 0.15) is 59.8 Å². The van der Waals surface area contributed by atoms with Gasteiger partial charge in [-0.3, -0.25) is 4.79 Å². The van der Waals surface area contributed by atoms with E-state index in [9.17, 15) is 9.90 Å². The molecule has 5 unspecified atom stereocenters. The van der Waals surface area contributed by atoms with E-state index in [4.69, 9.17) is 4.74 Å². The van der Waals surface area contributed by atoms with Crippen molar-refractivity contribution in [3.05, 3.63) is 48.1 Å². The van der Waals surface area contributed by atoms with E-state index in [0.717, 1.165) is 49.1 Å².